The number of anilines is 1. The van der Waals surface area contributed by atoms with Gasteiger partial charge in [-0.3, -0.25) is 4.98 Å². The number of aromatic nitrogens is 3. The Hall–Kier alpha value is -3.28. The Kier molecular flexibility index (Phi) is 3.66. The molecular weight excluding hydrogens is 364 g/mol. The lowest BCUT2D eigenvalue weighted by Gasteiger charge is -2.10. The number of fused-ring (bicyclic) bond motifs is 1. The molecule has 6 heteroatoms. The molecule has 0 radical (unpaired) electrons. The summed E-state index contributed by atoms with van der Waals surface area (Å²) >= 11 is 0. The van der Waals surface area contributed by atoms with Crippen LogP contribution in [0.5, 0.6) is 11.5 Å². The Morgan fingerprint density at radius 3 is 2.97 bits per heavy atom. The van der Waals surface area contributed by atoms with Gasteiger partial charge in [0.25, 0.3) is 0 Å². The molecule has 6 rings (SSSR count). The third-order valence-corrected chi connectivity index (χ3v) is 5.81. The smallest absolute Gasteiger partial charge is 0.147 e. The second kappa shape index (κ2) is 6.37. The van der Waals surface area contributed by atoms with Crippen molar-refractivity contribution in [3.8, 4) is 22.9 Å². The molecule has 0 unspecified atom stereocenters. The van der Waals surface area contributed by atoms with Crippen LogP contribution in [0.2, 0.25) is 0 Å². The van der Waals surface area contributed by atoms with Gasteiger partial charge in [-0.1, -0.05) is 0 Å². The van der Waals surface area contributed by atoms with Gasteiger partial charge in [-0.15, -0.1) is 0 Å². The molecule has 146 valence electrons. The third-order valence-electron chi connectivity index (χ3n) is 5.81. The Morgan fingerprint density at radius 2 is 2.07 bits per heavy atom. The minimum Gasteiger partial charge on any atom is -0.506 e. The van der Waals surface area contributed by atoms with Gasteiger partial charge in [0.1, 0.15) is 22.8 Å². The number of pyridine rings is 1. The summed E-state index contributed by atoms with van der Waals surface area (Å²) in [6.45, 7) is 2.58. The Balaban J connectivity index is 1.50. The maximum absolute atomic E-state index is 9.81. The summed E-state index contributed by atoms with van der Waals surface area (Å²) in [6.07, 6.45) is 5.06. The van der Waals surface area contributed by atoms with Gasteiger partial charge in [0, 0.05) is 35.8 Å². The fourth-order valence-electron chi connectivity index (χ4n) is 4.13. The molecule has 6 nitrogen and oxygen atoms in total. The summed E-state index contributed by atoms with van der Waals surface area (Å²) < 4.78 is 8.34. The van der Waals surface area contributed by atoms with Crippen molar-refractivity contribution in [1.29, 1.82) is 0 Å². The number of nitrogens with zero attached hydrogens (tertiary/aromatic N) is 3. The SMILES string of the molecule is Oc1cnc2ccc(-c3nc4cc(NCC5CC5)cc5c4n3CCCO5)cc2c1. The van der Waals surface area contributed by atoms with Gasteiger partial charge in [0.2, 0.25) is 0 Å². The van der Waals surface area contributed by atoms with Gasteiger partial charge < -0.3 is 19.7 Å². The monoisotopic (exact) mass is 386 g/mol. The van der Waals surface area contributed by atoms with E-state index in [1.165, 1.54) is 19.0 Å². The van der Waals surface area contributed by atoms with Crippen LogP contribution >= 0.6 is 0 Å². The quantitative estimate of drug-likeness (QED) is 0.538. The van der Waals surface area contributed by atoms with E-state index in [1.807, 2.05) is 12.1 Å². The largest absolute Gasteiger partial charge is 0.506 e. The Morgan fingerprint density at radius 1 is 1.14 bits per heavy atom. The third kappa shape index (κ3) is 2.95. The van der Waals surface area contributed by atoms with Crippen LogP contribution in [0, 0.1) is 5.92 Å². The first-order valence-corrected chi connectivity index (χ1v) is 10.2. The predicted molar refractivity (Wildman–Crippen MR) is 113 cm³/mol. The normalized spacial score (nSPS) is 16.0. The first kappa shape index (κ1) is 16.7. The van der Waals surface area contributed by atoms with Crippen molar-refractivity contribution in [1.82, 2.24) is 14.5 Å². The van der Waals surface area contributed by atoms with Crippen molar-refractivity contribution >= 4 is 27.6 Å². The number of hydrogen-bond acceptors (Lipinski definition) is 5. The molecule has 3 heterocycles. The van der Waals surface area contributed by atoms with Crippen molar-refractivity contribution in [3.63, 3.8) is 0 Å². The molecule has 1 aliphatic carbocycles. The van der Waals surface area contributed by atoms with Crippen molar-refractivity contribution in [2.75, 3.05) is 18.5 Å². The van der Waals surface area contributed by atoms with Crippen LogP contribution in [0.4, 0.5) is 5.69 Å². The lowest BCUT2D eigenvalue weighted by atomic mass is 10.1. The molecule has 0 atom stereocenters. The summed E-state index contributed by atoms with van der Waals surface area (Å²) in [5, 5.41) is 14.3. The number of imidazole rings is 1. The van der Waals surface area contributed by atoms with E-state index in [2.05, 4.69) is 33.1 Å². The molecule has 1 fully saturated rings. The highest BCUT2D eigenvalue weighted by molar-refractivity contribution is 5.91. The van der Waals surface area contributed by atoms with Gasteiger partial charge in [0.05, 0.1) is 23.8 Å². The molecule has 2 aliphatic rings. The van der Waals surface area contributed by atoms with E-state index in [9.17, 15) is 5.11 Å². The summed E-state index contributed by atoms with van der Waals surface area (Å²) in [7, 11) is 0. The van der Waals surface area contributed by atoms with Crippen LogP contribution in [-0.2, 0) is 6.54 Å². The molecule has 2 aromatic heterocycles. The fraction of sp³-hybridized carbons (Fsp3) is 0.304. The molecule has 0 spiro atoms. The van der Waals surface area contributed by atoms with E-state index >= 15 is 0 Å². The van der Waals surface area contributed by atoms with Crippen LogP contribution in [0.25, 0.3) is 33.3 Å². The zero-order valence-corrected chi connectivity index (χ0v) is 16.1. The number of nitrogens with one attached hydrogen (secondary N) is 1. The van der Waals surface area contributed by atoms with Crippen LogP contribution in [0.1, 0.15) is 19.3 Å². The average Bonchev–Trinajstić information content (AvgIpc) is 3.51. The van der Waals surface area contributed by atoms with Crippen LogP contribution < -0.4 is 10.1 Å². The Bertz CT molecular complexity index is 1240. The predicted octanol–water partition coefficient (Wildman–Crippen LogP) is 4.56. The van der Waals surface area contributed by atoms with Crippen LogP contribution in [0.15, 0.2) is 42.6 Å². The highest BCUT2D eigenvalue weighted by atomic mass is 16.5. The first-order valence-electron chi connectivity index (χ1n) is 10.2. The van der Waals surface area contributed by atoms with Gasteiger partial charge in [0.15, 0.2) is 0 Å². The molecule has 0 saturated heterocycles. The van der Waals surface area contributed by atoms with Crippen molar-refractivity contribution in [2.24, 2.45) is 5.92 Å². The lowest BCUT2D eigenvalue weighted by Crippen LogP contribution is -2.03. The topological polar surface area (TPSA) is 72.2 Å². The van der Waals surface area contributed by atoms with E-state index in [0.29, 0.717) is 6.61 Å². The second-order valence-corrected chi connectivity index (χ2v) is 8.06. The second-order valence-electron chi connectivity index (χ2n) is 8.06. The lowest BCUT2D eigenvalue weighted by molar-refractivity contribution is 0.316. The van der Waals surface area contributed by atoms with Crippen molar-refractivity contribution in [3.05, 3.63) is 42.6 Å². The first-order chi connectivity index (χ1) is 14.2. The van der Waals surface area contributed by atoms with E-state index < -0.39 is 0 Å². The minimum absolute atomic E-state index is 0.170. The molecule has 2 N–H and O–H groups in total. The average molecular weight is 386 g/mol. The molecule has 29 heavy (non-hydrogen) atoms. The molecule has 0 bridgehead atoms. The highest BCUT2D eigenvalue weighted by Gasteiger charge is 2.23. The van der Waals surface area contributed by atoms with Crippen LogP contribution in [-0.4, -0.2) is 32.8 Å². The highest BCUT2D eigenvalue weighted by Crippen LogP contribution is 2.37. The Labute approximate surface area is 168 Å². The van der Waals surface area contributed by atoms with E-state index in [0.717, 1.165) is 70.2 Å². The number of aromatic hydroxyl groups is 1. The van der Waals surface area contributed by atoms with Crippen molar-refractivity contribution < 1.29 is 9.84 Å². The van der Waals surface area contributed by atoms with Gasteiger partial charge >= 0.3 is 0 Å². The molecule has 1 saturated carbocycles. The maximum Gasteiger partial charge on any atom is 0.147 e. The van der Waals surface area contributed by atoms with Gasteiger partial charge in [-0.05, 0) is 55.5 Å². The number of benzene rings is 2. The molecular formula is C23H22N4O2. The standard InChI is InChI=1S/C23H22N4O2/c28-18-9-16-8-15(4-5-19(16)25-13-18)23-26-20-10-17(24-12-14-2-3-14)11-21-22(20)27(23)6-1-7-29-21/h4-5,8-11,13-14,24,28H,1-3,6-7,12H2. The van der Waals surface area contributed by atoms with Gasteiger partial charge in [-0.25, -0.2) is 4.98 Å². The summed E-state index contributed by atoms with van der Waals surface area (Å²) in [6, 6.07) is 12.1. The summed E-state index contributed by atoms with van der Waals surface area (Å²) in [5.41, 5.74) is 4.95. The van der Waals surface area contributed by atoms with E-state index in [1.54, 1.807) is 6.07 Å². The number of ether oxygens (including phenoxy) is 1. The molecule has 4 aromatic rings. The maximum atomic E-state index is 9.81. The number of aryl methyl sites for hydroxylation is 1. The molecule has 0 amide bonds. The summed E-state index contributed by atoms with van der Waals surface area (Å²) in [4.78, 5) is 9.28. The minimum atomic E-state index is 0.170. The van der Waals surface area contributed by atoms with Crippen molar-refractivity contribution in [2.45, 2.75) is 25.8 Å². The number of hydrogen-bond donors (Lipinski definition) is 2. The zero-order chi connectivity index (χ0) is 19.4. The molecule has 1 aliphatic heterocycles. The van der Waals surface area contributed by atoms with Gasteiger partial charge in [-0.2, -0.15) is 0 Å². The zero-order valence-electron chi connectivity index (χ0n) is 16.1. The van der Waals surface area contributed by atoms with E-state index in [-0.39, 0.29) is 5.75 Å². The fourth-order valence-corrected chi connectivity index (χ4v) is 4.13. The van der Waals surface area contributed by atoms with E-state index in [4.69, 9.17) is 9.72 Å². The van der Waals surface area contributed by atoms with Crippen LogP contribution in [0.3, 0.4) is 0 Å². The number of rotatable bonds is 4. The summed E-state index contributed by atoms with van der Waals surface area (Å²) in [5.74, 6) is 2.80. The molecule has 2 aromatic carbocycles.